The van der Waals surface area contributed by atoms with E-state index in [-0.39, 0.29) is 17.2 Å². The largest absolute Gasteiger partial charge is 0.341 e. The van der Waals surface area contributed by atoms with E-state index in [2.05, 4.69) is 55.4 Å². The molecular formula is C20H28N4O2S. The van der Waals surface area contributed by atoms with Crippen LogP contribution in [0.3, 0.4) is 0 Å². The molecule has 0 aliphatic heterocycles. The van der Waals surface area contributed by atoms with Crippen molar-refractivity contribution in [2.75, 3.05) is 5.32 Å². The molecular weight excluding hydrogens is 360 g/mol. The zero-order valence-corrected chi connectivity index (χ0v) is 17.6. The summed E-state index contributed by atoms with van der Waals surface area (Å²) in [6, 6.07) is 6.76. The van der Waals surface area contributed by atoms with Crippen molar-refractivity contribution in [2.45, 2.75) is 59.4 Å². The molecule has 1 aromatic heterocycles. The van der Waals surface area contributed by atoms with Gasteiger partial charge in [0.15, 0.2) is 0 Å². The summed E-state index contributed by atoms with van der Waals surface area (Å²) >= 11 is 1.36. The first-order valence-electron chi connectivity index (χ1n) is 9.11. The van der Waals surface area contributed by atoms with Crippen molar-refractivity contribution >= 4 is 28.3 Å². The van der Waals surface area contributed by atoms with Gasteiger partial charge in [-0.1, -0.05) is 58.1 Å². The van der Waals surface area contributed by atoms with Gasteiger partial charge >= 0.3 is 0 Å². The Bertz CT molecular complexity index is 791. The highest BCUT2D eigenvalue weighted by molar-refractivity contribution is 7.15. The van der Waals surface area contributed by atoms with E-state index in [0.29, 0.717) is 16.6 Å². The number of carbonyl (C=O) groups is 2. The van der Waals surface area contributed by atoms with Gasteiger partial charge in [0.05, 0.1) is 0 Å². The predicted octanol–water partition coefficient (Wildman–Crippen LogP) is 3.79. The van der Waals surface area contributed by atoms with Gasteiger partial charge in [-0.3, -0.25) is 14.9 Å². The fourth-order valence-corrected chi connectivity index (χ4v) is 3.37. The molecule has 2 amide bonds. The molecule has 27 heavy (non-hydrogen) atoms. The van der Waals surface area contributed by atoms with E-state index >= 15 is 0 Å². The average molecular weight is 389 g/mol. The average Bonchev–Trinajstić information content (AvgIpc) is 3.00. The smallest absolute Gasteiger partial charge is 0.251 e. The summed E-state index contributed by atoms with van der Waals surface area (Å²) < 4.78 is 0. The Labute approximate surface area is 164 Å². The van der Waals surface area contributed by atoms with Crippen LogP contribution in [-0.4, -0.2) is 28.1 Å². The molecule has 1 heterocycles. The molecule has 6 nitrogen and oxygen atoms in total. The van der Waals surface area contributed by atoms with E-state index in [4.69, 9.17) is 0 Å². The number of aromatic nitrogens is 2. The van der Waals surface area contributed by atoms with E-state index in [1.165, 1.54) is 11.3 Å². The van der Waals surface area contributed by atoms with Crippen LogP contribution >= 0.6 is 11.3 Å². The van der Waals surface area contributed by atoms with E-state index in [9.17, 15) is 9.59 Å². The van der Waals surface area contributed by atoms with Crippen LogP contribution < -0.4 is 10.6 Å². The molecule has 1 atom stereocenters. The lowest BCUT2D eigenvalue weighted by molar-refractivity contribution is -0.117. The number of hydrogen-bond acceptors (Lipinski definition) is 5. The SMILES string of the molecule is CC(C)Cc1nnc(NC(=O)C(C)NC(=O)c2ccc(C(C)(C)C)cc2)s1. The second-order valence-corrected chi connectivity index (χ2v) is 9.17. The molecule has 0 saturated heterocycles. The van der Waals surface area contributed by atoms with Crippen molar-refractivity contribution in [3.05, 3.63) is 40.4 Å². The van der Waals surface area contributed by atoms with Gasteiger partial charge in [0, 0.05) is 12.0 Å². The maximum absolute atomic E-state index is 12.4. The summed E-state index contributed by atoms with van der Waals surface area (Å²) in [7, 11) is 0. The lowest BCUT2D eigenvalue weighted by Crippen LogP contribution is -2.41. The standard InChI is InChI=1S/C20H28N4O2S/c1-12(2)11-16-23-24-19(27-16)22-17(25)13(3)21-18(26)14-7-9-15(10-8-14)20(4,5)6/h7-10,12-13H,11H2,1-6H3,(H,21,26)(H,22,24,25). The van der Waals surface area contributed by atoms with Gasteiger partial charge in [0.2, 0.25) is 11.0 Å². The third-order valence-electron chi connectivity index (χ3n) is 4.03. The third-order valence-corrected chi connectivity index (χ3v) is 4.89. The van der Waals surface area contributed by atoms with Crippen molar-refractivity contribution in [1.82, 2.24) is 15.5 Å². The first kappa shape index (κ1) is 21.0. The zero-order chi connectivity index (χ0) is 20.2. The summed E-state index contributed by atoms with van der Waals surface area (Å²) in [4.78, 5) is 24.7. The Balaban J connectivity index is 1.93. The van der Waals surface area contributed by atoms with Gasteiger partial charge in [0.1, 0.15) is 11.0 Å². The molecule has 7 heteroatoms. The molecule has 0 fully saturated rings. The fraction of sp³-hybridized carbons (Fsp3) is 0.500. The summed E-state index contributed by atoms with van der Waals surface area (Å²) in [6.45, 7) is 12.2. The number of amides is 2. The first-order chi connectivity index (χ1) is 12.6. The summed E-state index contributed by atoms with van der Waals surface area (Å²) in [5.74, 6) is -0.123. The molecule has 0 bridgehead atoms. The minimum Gasteiger partial charge on any atom is -0.341 e. The normalized spacial score (nSPS) is 12.7. The molecule has 0 saturated carbocycles. The second kappa shape index (κ2) is 8.61. The third kappa shape index (κ3) is 6.13. The van der Waals surface area contributed by atoms with E-state index in [1.54, 1.807) is 19.1 Å². The van der Waals surface area contributed by atoms with Crippen LogP contribution in [0.5, 0.6) is 0 Å². The van der Waals surface area contributed by atoms with Gasteiger partial charge in [-0.15, -0.1) is 10.2 Å². The molecule has 0 aliphatic rings. The highest BCUT2D eigenvalue weighted by Gasteiger charge is 2.19. The molecule has 1 aromatic carbocycles. The minimum absolute atomic E-state index is 0.0261. The molecule has 2 rings (SSSR count). The maximum atomic E-state index is 12.4. The Morgan fingerprint density at radius 3 is 2.26 bits per heavy atom. The molecule has 2 N–H and O–H groups in total. The number of hydrogen-bond donors (Lipinski definition) is 2. The van der Waals surface area contributed by atoms with Crippen molar-refractivity contribution in [3.63, 3.8) is 0 Å². The van der Waals surface area contributed by atoms with E-state index in [0.717, 1.165) is 17.0 Å². The monoisotopic (exact) mass is 388 g/mol. The highest BCUT2D eigenvalue weighted by Crippen LogP contribution is 2.22. The van der Waals surface area contributed by atoms with Crippen LogP contribution in [0.25, 0.3) is 0 Å². The second-order valence-electron chi connectivity index (χ2n) is 8.11. The van der Waals surface area contributed by atoms with Gasteiger partial charge in [0.25, 0.3) is 5.91 Å². The van der Waals surface area contributed by atoms with Crippen LogP contribution in [0.1, 0.15) is 62.5 Å². The Morgan fingerprint density at radius 1 is 1.07 bits per heavy atom. The van der Waals surface area contributed by atoms with Crippen molar-refractivity contribution in [3.8, 4) is 0 Å². The van der Waals surface area contributed by atoms with Crippen molar-refractivity contribution in [2.24, 2.45) is 5.92 Å². The topological polar surface area (TPSA) is 84.0 Å². The highest BCUT2D eigenvalue weighted by atomic mass is 32.1. The van der Waals surface area contributed by atoms with Gasteiger partial charge < -0.3 is 5.32 Å². The Morgan fingerprint density at radius 2 is 1.70 bits per heavy atom. The Kier molecular flexibility index (Phi) is 6.70. The molecule has 0 aliphatic carbocycles. The Hall–Kier alpha value is -2.28. The van der Waals surface area contributed by atoms with Crippen LogP contribution in [0, 0.1) is 5.92 Å². The first-order valence-corrected chi connectivity index (χ1v) is 9.92. The van der Waals surface area contributed by atoms with Crippen molar-refractivity contribution in [1.29, 1.82) is 0 Å². The van der Waals surface area contributed by atoms with Crippen LogP contribution in [0.15, 0.2) is 24.3 Å². The predicted molar refractivity (Wildman–Crippen MR) is 109 cm³/mol. The number of nitrogens with one attached hydrogen (secondary N) is 2. The van der Waals surface area contributed by atoms with Gasteiger partial charge in [-0.2, -0.15) is 0 Å². The van der Waals surface area contributed by atoms with Gasteiger partial charge in [-0.25, -0.2) is 0 Å². The minimum atomic E-state index is -0.683. The number of carbonyl (C=O) groups excluding carboxylic acids is 2. The van der Waals surface area contributed by atoms with E-state index < -0.39 is 6.04 Å². The summed E-state index contributed by atoms with van der Waals surface area (Å²) in [5, 5.41) is 14.8. The maximum Gasteiger partial charge on any atom is 0.251 e. The van der Waals surface area contributed by atoms with Crippen LogP contribution in [-0.2, 0) is 16.6 Å². The molecule has 2 aromatic rings. The lowest BCUT2D eigenvalue weighted by atomic mass is 9.86. The quantitative estimate of drug-likeness (QED) is 0.788. The molecule has 0 spiro atoms. The van der Waals surface area contributed by atoms with Gasteiger partial charge in [-0.05, 0) is 36.0 Å². The number of nitrogens with zero attached hydrogens (tertiary/aromatic N) is 2. The van der Waals surface area contributed by atoms with Crippen LogP contribution in [0.2, 0.25) is 0 Å². The van der Waals surface area contributed by atoms with E-state index in [1.807, 2.05) is 12.1 Å². The fourth-order valence-electron chi connectivity index (χ4n) is 2.42. The summed E-state index contributed by atoms with van der Waals surface area (Å²) in [6.07, 6.45) is 0.824. The van der Waals surface area contributed by atoms with Crippen molar-refractivity contribution < 1.29 is 9.59 Å². The number of benzene rings is 1. The van der Waals surface area contributed by atoms with Crippen LogP contribution in [0.4, 0.5) is 5.13 Å². The molecule has 0 radical (unpaired) electrons. The summed E-state index contributed by atoms with van der Waals surface area (Å²) in [5.41, 5.74) is 1.70. The molecule has 1 unspecified atom stereocenters. The number of anilines is 1. The number of rotatable bonds is 6. The lowest BCUT2D eigenvalue weighted by Gasteiger charge is -2.19. The molecule has 146 valence electrons. The zero-order valence-electron chi connectivity index (χ0n) is 16.8.